The molecule has 3 rings (SSSR count). The van der Waals surface area contributed by atoms with E-state index >= 15 is 0 Å². The molecule has 0 amide bonds. The molecule has 0 radical (unpaired) electrons. The average molecular weight is 358 g/mol. The fourth-order valence-corrected chi connectivity index (χ4v) is 4.24. The minimum atomic E-state index is -0.562. The van der Waals surface area contributed by atoms with Crippen molar-refractivity contribution in [3.05, 3.63) is 52.2 Å². The molecule has 0 bridgehead atoms. The third-order valence-electron chi connectivity index (χ3n) is 4.09. The molecular formula is C20H24NO3S+. The van der Waals surface area contributed by atoms with Gasteiger partial charge in [0.1, 0.15) is 25.0 Å². The van der Waals surface area contributed by atoms with Gasteiger partial charge in [-0.1, -0.05) is 18.2 Å². The van der Waals surface area contributed by atoms with Gasteiger partial charge in [-0.25, -0.2) is 0 Å². The van der Waals surface area contributed by atoms with Crippen molar-refractivity contribution >= 4 is 31.5 Å². The fourth-order valence-electron chi connectivity index (χ4n) is 3.02. The van der Waals surface area contributed by atoms with Crippen molar-refractivity contribution in [2.45, 2.75) is 13.0 Å². The van der Waals surface area contributed by atoms with Crippen molar-refractivity contribution in [2.24, 2.45) is 0 Å². The van der Waals surface area contributed by atoms with Crippen LogP contribution in [0.3, 0.4) is 0 Å². The highest BCUT2D eigenvalue weighted by atomic mass is 32.1. The summed E-state index contributed by atoms with van der Waals surface area (Å²) in [5.74, 6) is 0.661. The molecule has 0 aliphatic rings. The molecule has 0 saturated carbocycles. The second-order valence-electron chi connectivity index (χ2n) is 7.45. The summed E-state index contributed by atoms with van der Waals surface area (Å²) in [7, 11) is 6.09. The van der Waals surface area contributed by atoms with Gasteiger partial charge in [-0.05, 0) is 30.7 Å². The molecule has 1 atom stereocenters. The Labute approximate surface area is 151 Å². The Balaban J connectivity index is 2.02. The topological polar surface area (TPSA) is 46.5 Å². The number of fused-ring (bicyclic) bond motifs is 2. The quantitative estimate of drug-likeness (QED) is 0.563. The molecule has 2 aromatic carbocycles. The lowest BCUT2D eigenvalue weighted by molar-refractivity contribution is -0.873. The van der Waals surface area contributed by atoms with Crippen LogP contribution in [0.5, 0.6) is 5.75 Å². The number of aliphatic hydroxyl groups is 1. The van der Waals surface area contributed by atoms with Gasteiger partial charge in [-0.3, -0.25) is 4.79 Å². The Morgan fingerprint density at radius 2 is 1.88 bits per heavy atom. The van der Waals surface area contributed by atoms with E-state index in [2.05, 4.69) is 0 Å². The van der Waals surface area contributed by atoms with Gasteiger partial charge in [0.2, 0.25) is 0 Å². The zero-order valence-corrected chi connectivity index (χ0v) is 15.9. The summed E-state index contributed by atoms with van der Waals surface area (Å²) in [5, 5.41) is 11.7. The highest BCUT2D eigenvalue weighted by molar-refractivity contribution is 7.24. The number of hydrogen-bond donors (Lipinski definition) is 1. The Morgan fingerprint density at radius 1 is 1.16 bits per heavy atom. The van der Waals surface area contributed by atoms with Gasteiger partial charge in [0.15, 0.2) is 5.43 Å². The smallest absolute Gasteiger partial charge is 0.196 e. The first-order chi connectivity index (χ1) is 11.8. The first-order valence-electron chi connectivity index (χ1n) is 8.33. The Morgan fingerprint density at radius 3 is 2.60 bits per heavy atom. The van der Waals surface area contributed by atoms with Gasteiger partial charge < -0.3 is 14.3 Å². The van der Waals surface area contributed by atoms with Crippen LogP contribution >= 0.6 is 11.3 Å². The van der Waals surface area contributed by atoms with Gasteiger partial charge >= 0.3 is 0 Å². The summed E-state index contributed by atoms with van der Waals surface area (Å²) in [6.45, 7) is 2.76. The summed E-state index contributed by atoms with van der Waals surface area (Å²) < 4.78 is 8.36. The number of rotatable bonds is 5. The third kappa shape index (κ3) is 3.84. The molecule has 132 valence electrons. The van der Waals surface area contributed by atoms with Crippen molar-refractivity contribution in [2.75, 3.05) is 34.3 Å². The minimum Gasteiger partial charge on any atom is -0.489 e. The molecule has 1 N–H and O–H groups in total. The van der Waals surface area contributed by atoms with Crippen LogP contribution < -0.4 is 10.2 Å². The number of quaternary nitrogens is 1. The molecule has 0 fully saturated rings. The number of aryl methyl sites for hydroxylation is 1. The van der Waals surface area contributed by atoms with E-state index in [1.807, 2.05) is 64.5 Å². The molecule has 0 saturated heterocycles. The molecule has 1 heterocycles. The van der Waals surface area contributed by atoms with E-state index in [1.165, 1.54) is 0 Å². The van der Waals surface area contributed by atoms with Gasteiger partial charge in [0, 0.05) is 15.5 Å². The van der Waals surface area contributed by atoms with Crippen LogP contribution in [0.1, 0.15) is 5.56 Å². The average Bonchev–Trinajstić information content (AvgIpc) is 2.52. The summed E-state index contributed by atoms with van der Waals surface area (Å²) in [5.41, 5.74) is 0.987. The standard InChI is InChI=1S/C20H24NO3S/c1-13-9-10-16(24-12-14(22)11-21(2,3)4)20-18(13)19(23)15-7-5-6-8-17(15)25-20/h5-10,14,22H,11-12H2,1-4H3/q+1. The van der Waals surface area contributed by atoms with Crippen LogP contribution in [-0.4, -0.2) is 50.0 Å². The molecule has 25 heavy (non-hydrogen) atoms. The lowest BCUT2D eigenvalue weighted by atomic mass is 10.1. The van der Waals surface area contributed by atoms with E-state index in [1.54, 1.807) is 11.3 Å². The number of nitrogens with zero attached hydrogens (tertiary/aromatic N) is 1. The fraction of sp³-hybridized carbons (Fsp3) is 0.350. The maximum atomic E-state index is 12.9. The lowest BCUT2D eigenvalue weighted by Crippen LogP contribution is -2.43. The van der Waals surface area contributed by atoms with Crippen LogP contribution in [0.15, 0.2) is 41.2 Å². The second-order valence-corrected chi connectivity index (χ2v) is 8.50. The molecule has 0 aliphatic heterocycles. The minimum absolute atomic E-state index is 0.0409. The van der Waals surface area contributed by atoms with E-state index in [-0.39, 0.29) is 12.0 Å². The molecule has 1 unspecified atom stereocenters. The maximum absolute atomic E-state index is 12.9. The van der Waals surface area contributed by atoms with Crippen LogP contribution in [0.2, 0.25) is 0 Å². The lowest BCUT2D eigenvalue weighted by Gasteiger charge is -2.26. The van der Waals surface area contributed by atoms with Crippen molar-refractivity contribution in [3.63, 3.8) is 0 Å². The van der Waals surface area contributed by atoms with Gasteiger partial charge in [-0.15, -0.1) is 11.3 Å². The summed E-state index contributed by atoms with van der Waals surface area (Å²) in [6, 6.07) is 11.4. The highest BCUT2D eigenvalue weighted by Crippen LogP contribution is 2.33. The Hall–Kier alpha value is -1.95. The van der Waals surface area contributed by atoms with Crippen molar-refractivity contribution in [1.29, 1.82) is 0 Å². The predicted molar refractivity (Wildman–Crippen MR) is 105 cm³/mol. The monoisotopic (exact) mass is 358 g/mol. The van der Waals surface area contributed by atoms with E-state index < -0.39 is 6.10 Å². The number of aliphatic hydroxyl groups excluding tert-OH is 1. The zero-order chi connectivity index (χ0) is 18.2. The van der Waals surface area contributed by atoms with Crippen LogP contribution in [0.25, 0.3) is 20.2 Å². The number of hydrogen-bond acceptors (Lipinski definition) is 4. The Bertz CT molecular complexity index is 972. The molecule has 4 nitrogen and oxygen atoms in total. The molecule has 0 spiro atoms. The van der Waals surface area contributed by atoms with E-state index in [9.17, 15) is 9.90 Å². The van der Waals surface area contributed by atoms with E-state index in [0.29, 0.717) is 22.2 Å². The van der Waals surface area contributed by atoms with Crippen molar-refractivity contribution in [1.82, 2.24) is 0 Å². The van der Waals surface area contributed by atoms with Gasteiger partial charge in [0.25, 0.3) is 0 Å². The van der Waals surface area contributed by atoms with Crippen molar-refractivity contribution in [3.8, 4) is 5.75 Å². The SMILES string of the molecule is Cc1ccc(OCC(O)C[N+](C)(C)C)c2sc3ccccc3c(=O)c12. The normalized spacial score (nSPS) is 13.3. The number of benzene rings is 2. The summed E-state index contributed by atoms with van der Waals surface area (Å²) in [6.07, 6.45) is -0.562. The van der Waals surface area contributed by atoms with E-state index in [4.69, 9.17) is 4.74 Å². The maximum Gasteiger partial charge on any atom is 0.196 e. The van der Waals surface area contributed by atoms with Crippen LogP contribution in [0, 0.1) is 6.92 Å². The predicted octanol–water partition coefficient (Wildman–Crippen LogP) is 3.17. The molecule has 1 aromatic heterocycles. The van der Waals surface area contributed by atoms with Crippen LogP contribution in [0.4, 0.5) is 0 Å². The van der Waals surface area contributed by atoms with Gasteiger partial charge in [0.05, 0.1) is 25.8 Å². The first kappa shape index (κ1) is 17.9. The number of likely N-dealkylation sites (N-methyl/N-ethyl adjacent to an activating group) is 1. The third-order valence-corrected chi connectivity index (χ3v) is 5.28. The molecular weight excluding hydrogens is 334 g/mol. The number of ether oxygens (including phenoxy) is 1. The first-order valence-corrected chi connectivity index (χ1v) is 9.14. The zero-order valence-electron chi connectivity index (χ0n) is 15.1. The Kier molecular flexibility index (Phi) is 4.82. The van der Waals surface area contributed by atoms with Crippen LogP contribution in [-0.2, 0) is 0 Å². The summed E-state index contributed by atoms with van der Waals surface area (Å²) >= 11 is 1.56. The van der Waals surface area contributed by atoms with Gasteiger partial charge in [-0.2, -0.15) is 0 Å². The molecule has 3 aromatic rings. The van der Waals surface area contributed by atoms with Crippen molar-refractivity contribution < 1.29 is 14.3 Å². The largest absolute Gasteiger partial charge is 0.489 e. The van der Waals surface area contributed by atoms with E-state index in [0.717, 1.165) is 20.3 Å². The highest BCUT2D eigenvalue weighted by Gasteiger charge is 2.18. The molecule has 0 aliphatic carbocycles. The second kappa shape index (κ2) is 6.75. The molecule has 5 heteroatoms. The summed E-state index contributed by atoms with van der Waals surface area (Å²) in [4.78, 5) is 12.9.